The smallest absolute Gasteiger partial charge is 0.325 e. The van der Waals surface area contributed by atoms with E-state index in [-0.39, 0.29) is 5.75 Å². The van der Waals surface area contributed by atoms with Gasteiger partial charge in [0.15, 0.2) is 0 Å². The Bertz CT molecular complexity index is 604. The summed E-state index contributed by atoms with van der Waals surface area (Å²) in [5.74, 6) is -4.57. The van der Waals surface area contributed by atoms with Gasteiger partial charge in [-0.2, -0.15) is 12.6 Å². The standard InChI is InChI=1S/C16H30N6O6S/c1-8(16(27)28)20-15(26)11(7-29)22-14(25)10(6-12(19)23)21-13(24)9(18)4-2-3-5-17/h8-11,29H,2-7,17-18H2,1H3,(H2,19,23)(H,20,26)(H,21,24)(H,22,25)(H,27,28). The van der Waals surface area contributed by atoms with Gasteiger partial charge in [0.25, 0.3) is 0 Å². The summed E-state index contributed by atoms with van der Waals surface area (Å²) >= 11 is 3.96. The maximum atomic E-state index is 12.5. The number of aliphatic carboxylic acids is 1. The maximum absolute atomic E-state index is 12.5. The van der Waals surface area contributed by atoms with Crippen LogP contribution in [0.3, 0.4) is 0 Å². The molecule has 29 heavy (non-hydrogen) atoms. The number of carbonyl (C=O) groups is 5. The summed E-state index contributed by atoms with van der Waals surface area (Å²) < 4.78 is 0. The molecule has 0 fully saturated rings. The minimum atomic E-state index is -1.35. The number of rotatable bonds is 14. The van der Waals surface area contributed by atoms with Crippen LogP contribution < -0.4 is 33.2 Å². The van der Waals surface area contributed by atoms with Crippen LogP contribution in [0.15, 0.2) is 0 Å². The van der Waals surface area contributed by atoms with Gasteiger partial charge in [0.1, 0.15) is 18.1 Å². The van der Waals surface area contributed by atoms with Crippen LogP contribution in [-0.2, 0) is 24.0 Å². The molecule has 0 aromatic heterocycles. The highest BCUT2D eigenvalue weighted by molar-refractivity contribution is 7.80. The van der Waals surface area contributed by atoms with Gasteiger partial charge in [-0.3, -0.25) is 24.0 Å². The van der Waals surface area contributed by atoms with Crippen molar-refractivity contribution in [3.05, 3.63) is 0 Å². The summed E-state index contributed by atoms with van der Waals surface area (Å²) in [5.41, 5.74) is 16.3. The second-order valence-electron chi connectivity index (χ2n) is 6.43. The molecule has 12 nitrogen and oxygen atoms in total. The molecule has 10 N–H and O–H groups in total. The third-order valence-corrected chi connectivity index (χ3v) is 4.25. The molecular formula is C16H30N6O6S. The molecule has 4 amide bonds. The first kappa shape index (κ1) is 26.6. The largest absolute Gasteiger partial charge is 0.480 e. The molecule has 0 heterocycles. The Labute approximate surface area is 174 Å². The Morgan fingerprint density at radius 2 is 1.52 bits per heavy atom. The van der Waals surface area contributed by atoms with Gasteiger partial charge in [0, 0.05) is 5.75 Å². The van der Waals surface area contributed by atoms with E-state index in [4.69, 9.17) is 22.3 Å². The Hall–Kier alpha value is -2.38. The van der Waals surface area contributed by atoms with E-state index >= 15 is 0 Å². The molecule has 0 spiro atoms. The Morgan fingerprint density at radius 1 is 0.966 bits per heavy atom. The second kappa shape index (κ2) is 13.7. The van der Waals surface area contributed by atoms with Crippen molar-refractivity contribution in [2.45, 2.75) is 56.8 Å². The van der Waals surface area contributed by atoms with Crippen LogP contribution in [0.25, 0.3) is 0 Å². The normalized spacial score (nSPS) is 14.8. The van der Waals surface area contributed by atoms with E-state index in [0.29, 0.717) is 25.8 Å². The van der Waals surface area contributed by atoms with Crippen LogP contribution >= 0.6 is 12.6 Å². The molecule has 0 aliphatic heterocycles. The number of hydrogen-bond donors (Lipinski definition) is 8. The maximum Gasteiger partial charge on any atom is 0.325 e. The van der Waals surface area contributed by atoms with Crippen LogP contribution in [0.4, 0.5) is 0 Å². The zero-order chi connectivity index (χ0) is 22.6. The summed E-state index contributed by atoms with van der Waals surface area (Å²) in [6.45, 7) is 1.70. The average molecular weight is 435 g/mol. The zero-order valence-electron chi connectivity index (χ0n) is 16.2. The van der Waals surface area contributed by atoms with Crippen molar-refractivity contribution in [3.63, 3.8) is 0 Å². The van der Waals surface area contributed by atoms with Gasteiger partial charge in [-0.15, -0.1) is 0 Å². The van der Waals surface area contributed by atoms with E-state index in [2.05, 4.69) is 28.6 Å². The topological polar surface area (TPSA) is 220 Å². The van der Waals surface area contributed by atoms with Crippen molar-refractivity contribution in [3.8, 4) is 0 Å². The van der Waals surface area contributed by atoms with Crippen LogP contribution in [0.1, 0.15) is 32.6 Å². The molecule has 0 aliphatic carbocycles. The molecule has 0 bridgehead atoms. The van der Waals surface area contributed by atoms with Gasteiger partial charge in [0.2, 0.25) is 23.6 Å². The number of carbonyl (C=O) groups excluding carboxylic acids is 4. The van der Waals surface area contributed by atoms with Crippen molar-refractivity contribution >= 4 is 42.2 Å². The van der Waals surface area contributed by atoms with E-state index in [1.54, 1.807) is 0 Å². The lowest BCUT2D eigenvalue weighted by molar-refractivity contribution is -0.141. The third kappa shape index (κ3) is 10.7. The van der Waals surface area contributed by atoms with E-state index in [0.717, 1.165) is 0 Å². The van der Waals surface area contributed by atoms with E-state index in [1.165, 1.54) is 6.92 Å². The zero-order valence-corrected chi connectivity index (χ0v) is 17.1. The summed E-state index contributed by atoms with van der Waals surface area (Å²) in [6, 6.07) is -4.65. The van der Waals surface area contributed by atoms with Crippen molar-refractivity contribution in [1.82, 2.24) is 16.0 Å². The molecule has 0 aliphatic rings. The predicted octanol–water partition coefficient (Wildman–Crippen LogP) is -3.19. The summed E-state index contributed by atoms with van der Waals surface area (Å²) in [5, 5.41) is 15.7. The van der Waals surface area contributed by atoms with E-state index < -0.39 is 60.2 Å². The number of carboxylic acids is 1. The molecular weight excluding hydrogens is 404 g/mol. The molecule has 4 atom stereocenters. The minimum Gasteiger partial charge on any atom is -0.480 e. The fraction of sp³-hybridized carbons (Fsp3) is 0.688. The highest BCUT2D eigenvalue weighted by Crippen LogP contribution is 2.01. The van der Waals surface area contributed by atoms with Crippen molar-refractivity contribution in [2.24, 2.45) is 17.2 Å². The number of primary amides is 1. The lowest BCUT2D eigenvalue weighted by Gasteiger charge is -2.23. The minimum absolute atomic E-state index is 0.153. The molecule has 0 rings (SSSR count). The number of carboxylic acid groups (broad SMARTS) is 1. The molecule has 13 heteroatoms. The number of nitrogens with two attached hydrogens (primary N) is 3. The first-order valence-corrected chi connectivity index (χ1v) is 9.65. The van der Waals surface area contributed by atoms with E-state index in [9.17, 15) is 24.0 Å². The number of unbranched alkanes of at least 4 members (excludes halogenated alkanes) is 1. The Morgan fingerprint density at radius 3 is 2.00 bits per heavy atom. The first-order chi connectivity index (χ1) is 13.5. The first-order valence-electron chi connectivity index (χ1n) is 9.02. The highest BCUT2D eigenvalue weighted by Gasteiger charge is 2.29. The third-order valence-electron chi connectivity index (χ3n) is 3.89. The molecule has 0 saturated carbocycles. The van der Waals surface area contributed by atoms with Gasteiger partial charge in [-0.1, -0.05) is 6.42 Å². The van der Waals surface area contributed by atoms with Crippen LogP contribution in [-0.4, -0.2) is 71.2 Å². The van der Waals surface area contributed by atoms with E-state index in [1.807, 2.05) is 0 Å². The molecule has 0 aromatic rings. The summed E-state index contributed by atoms with van der Waals surface area (Å²) in [7, 11) is 0. The van der Waals surface area contributed by atoms with Crippen LogP contribution in [0.2, 0.25) is 0 Å². The molecule has 4 unspecified atom stereocenters. The van der Waals surface area contributed by atoms with Gasteiger partial charge in [-0.05, 0) is 26.3 Å². The number of nitrogens with one attached hydrogen (secondary N) is 3. The van der Waals surface area contributed by atoms with Crippen molar-refractivity contribution in [2.75, 3.05) is 12.3 Å². The van der Waals surface area contributed by atoms with Gasteiger partial charge >= 0.3 is 5.97 Å². The Kier molecular flexibility index (Phi) is 12.6. The summed E-state index contributed by atoms with van der Waals surface area (Å²) in [6.07, 6.45) is 1.11. The molecule has 0 aromatic carbocycles. The fourth-order valence-electron chi connectivity index (χ4n) is 2.17. The molecule has 0 radical (unpaired) electrons. The fourth-order valence-corrected chi connectivity index (χ4v) is 2.43. The SMILES string of the molecule is CC(NC(=O)C(CS)NC(=O)C(CC(N)=O)NC(=O)C(N)CCCCN)C(=O)O. The van der Waals surface area contributed by atoms with Gasteiger partial charge in [-0.25, -0.2) is 0 Å². The molecule has 166 valence electrons. The quantitative estimate of drug-likeness (QED) is 0.102. The highest BCUT2D eigenvalue weighted by atomic mass is 32.1. The van der Waals surface area contributed by atoms with Crippen LogP contribution in [0, 0.1) is 0 Å². The van der Waals surface area contributed by atoms with Gasteiger partial charge < -0.3 is 38.3 Å². The summed E-state index contributed by atoms with van der Waals surface area (Å²) in [4.78, 5) is 58.9. The number of amides is 4. The monoisotopic (exact) mass is 434 g/mol. The van der Waals surface area contributed by atoms with Crippen molar-refractivity contribution < 1.29 is 29.1 Å². The predicted molar refractivity (Wildman–Crippen MR) is 108 cm³/mol. The number of thiol groups is 1. The lowest BCUT2D eigenvalue weighted by atomic mass is 10.1. The molecule has 0 saturated heterocycles. The van der Waals surface area contributed by atoms with Gasteiger partial charge in [0.05, 0.1) is 12.5 Å². The second-order valence-corrected chi connectivity index (χ2v) is 6.80. The Balaban J connectivity index is 5.04. The average Bonchev–Trinajstić information content (AvgIpc) is 2.64. The van der Waals surface area contributed by atoms with Crippen molar-refractivity contribution in [1.29, 1.82) is 0 Å². The lowest BCUT2D eigenvalue weighted by Crippen LogP contribution is -2.58. The van der Waals surface area contributed by atoms with Crippen LogP contribution in [0.5, 0.6) is 0 Å². The number of hydrogen-bond acceptors (Lipinski definition) is 8.